The van der Waals surface area contributed by atoms with Crippen molar-refractivity contribution in [1.29, 1.82) is 0 Å². The lowest BCUT2D eigenvalue weighted by molar-refractivity contribution is 0.404. The SMILES string of the molecule is COc1cc(-c2c(C)ccc(S(=O)(=O)N=C=O)c2OC)ccc1N=C=O. The van der Waals surface area contributed by atoms with E-state index in [4.69, 9.17) is 9.47 Å². The van der Waals surface area contributed by atoms with Crippen molar-refractivity contribution in [2.24, 2.45) is 9.39 Å². The number of benzene rings is 2. The minimum Gasteiger partial charge on any atom is -0.495 e. The molecule has 0 aliphatic rings. The van der Waals surface area contributed by atoms with Crippen LogP contribution in [0.5, 0.6) is 11.5 Å². The molecule has 0 bridgehead atoms. The predicted molar refractivity (Wildman–Crippen MR) is 92.8 cm³/mol. The molecule has 0 spiro atoms. The van der Waals surface area contributed by atoms with Gasteiger partial charge in [0.25, 0.3) is 16.1 Å². The quantitative estimate of drug-likeness (QED) is 0.568. The molecule has 0 saturated heterocycles. The molecule has 0 aliphatic carbocycles. The summed E-state index contributed by atoms with van der Waals surface area (Å²) in [4.78, 5) is 24.2. The highest BCUT2D eigenvalue weighted by molar-refractivity contribution is 7.90. The molecule has 26 heavy (non-hydrogen) atoms. The number of ether oxygens (including phenoxy) is 2. The predicted octanol–water partition coefficient (Wildman–Crippen LogP) is 2.67. The van der Waals surface area contributed by atoms with Crippen LogP contribution in [-0.2, 0) is 19.6 Å². The van der Waals surface area contributed by atoms with E-state index in [-0.39, 0.29) is 16.3 Å². The Morgan fingerprint density at radius 3 is 2.31 bits per heavy atom. The first-order valence-electron chi connectivity index (χ1n) is 7.17. The van der Waals surface area contributed by atoms with Gasteiger partial charge in [0.05, 0.1) is 14.2 Å². The monoisotopic (exact) mass is 374 g/mol. The van der Waals surface area contributed by atoms with E-state index < -0.39 is 10.0 Å². The van der Waals surface area contributed by atoms with Crippen LogP contribution in [0.1, 0.15) is 5.56 Å². The van der Waals surface area contributed by atoms with Crippen molar-refractivity contribution in [3.63, 3.8) is 0 Å². The van der Waals surface area contributed by atoms with Crippen molar-refractivity contribution in [2.45, 2.75) is 11.8 Å². The Kier molecular flexibility index (Phi) is 5.69. The third kappa shape index (κ3) is 3.55. The van der Waals surface area contributed by atoms with Gasteiger partial charge in [-0.1, -0.05) is 16.5 Å². The summed E-state index contributed by atoms with van der Waals surface area (Å²) >= 11 is 0. The Balaban J connectivity index is 2.82. The molecule has 0 radical (unpaired) electrons. The first-order valence-corrected chi connectivity index (χ1v) is 8.61. The van der Waals surface area contributed by atoms with Crippen LogP contribution < -0.4 is 9.47 Å². The minimum atomic E-state index is -4.26. The average Bonchev–Trinajstić information content (AvgIpc) is 2.61. The summed E-state index contributed by atoms with van der Waals surface area (Å²) in [6.07, 6.45) is 2.47. The van der Waals surface area contributed by atoms with Gasteiger partial charge in [-0.25, -0.2) is 9.59 Å². The summed E-state index contributed by atoms with van der Waals surface area (Å²) in [6.45, 7) is 1.77. The number of methoxy groups -OCH3 is 2. The molecule has 8 nitrogen and oxygen atoms in total. The molecule has 2 rings (SSSR count). The Morgan fingerprint density at radius 1 is 1.00 bits per heavy atom. The summed E-state index contributed by atoms with van der Waals surface area (Å²) in [5.74, 6) is 0.323. The maximum Gasteiger partial charge on any atom is 0.296 e. The van der Waals surface area contributed by atoms with Crippen LogP contribution in [0, 0.1) is 6.92 Å². The first-order chi connectivity index (χ1) is 12.4. The van der Waals surface area contributed by atoms with Crippen LogP contribution in [0.15, 0.2) is 44.6 Å². The second-order valence-electron chi connectivity index (χ2n) is 5.04. The van der Waals surface area contributed by atoms with Crippen LogP contribution >= 0.6 is 0 Å². The molecule has 0 atom stereocenters. The van der Waals surface area contributed by atoms with Crippen molar-refractivity contribution in [2.75, 3.05) is 14.2 Å². The zero-order valence-electron chi connectivity index (χ0n) is 14.1. The van der Waals surface area contributed by atoms with E-state index in [2.05, 4.69) is 9.39 Å². The van der Waals surface area contributed by atoms with Gasteiger partial charge in [0, 0.05) is 5.56 Å². The molecule has 0 fully saturated rings. The van der Waals surface area contributed by atoms with Gasteiger partial charge < -0.3 is 9.47 Å². The summed E-state index contributed by atoms with van der Waals surface area (Å²) in [6, 6.07) is 7.61. The van der Waals surface area contributed by atoms with Crippen LogP contribution in [0.2, 0.25) is 0 Å². The van der Waals surface area contributed by atoms with Crippen LogP contribution in [0.4, 0.5) is 5.69 Å². The molecule has 0 saturated carbocycles. The van der Waals surface area contributed by atoms with Crippen molar-refractivity contribution < 1.29 is 27.5 Å². The second kappa shape index (κ2) is 7.76. The van der Waals surface area contributed by atoms with Crippen molar-refractivity contribution in [3.05, 3.63) is 35.9 Å². The molecular weight excluding hydrogens is 360 g/mol. The van der Waals surface area contributed by atoms with Gasteiger partial charge in [-0.3, -0.25) is 0 Å². The molecule has 0 amide bonds. The molecule has 134 valence electrons. The van der Waals surface area contributed by atoms with Gasteiger partial charge in [-0.2, -0.15) is 13.4 Å². The Morgan fingerprint density at radius 2 is 1.73 bits per heavy atom. The zero-order chi connectivity index (χ0) is 19.3. The van der Waals surface area contributed by atoms with Crippen molar-refractivity contribution in [3.8, 4) is 22.6 Å². The number of carbonyl (C=O) groups excluding carboxylic acids is 2. The largest absolute Gasteiger partial charge is 0.495 e. The average molecular weight is 374 g/mol. The highest BCUT2D eigenvalue weighted by Crippen LogP contribution is 2.41. The number of sulfonamides is 1. The normalized spacial score (nSPS) is 10.4. The highest BCUT2D eigenvalue weighted by Gasteiger charge is 2.24. The molecular formula is C17H14N2O6S. The number of hydrogen-bond acceptors (Lipinski definition) is 7. The Bertz CT molecular complexity index is 1050. The van der Waals surface area contributed by atoms with Gasteiger partial charge in [-0.05, 0) is 36.2 Å². The van der Waals surface area contributed by atoms with Gasteiger partial charge in [0.2, 0.25) is 6.08 Å². The molecule has 9 heteroatoms. The maximum atomic E-state index is 12.2. The molecule has 0 unspecified atom stereocenters. The number of hydrogen-bond donors (Lipinski definition) is 0. The smallest absolute Gasteiger partial charge is 0.296 e. The van der Waals surface area contributed by atoms with E-state index in [0.29, 0.717) is 22.4 Å². The standard InChI is InChI=1S/C17H14N2O6S/c1-11-4-7-15(26(22,23)19-10-21)17(25-3)16(11)12-5-6-13(18-9-20)14(8-12)24-2/h4-8H,1-3H3. The summed E-state index contributed by atoms with van der Waals surface area (Å²) in [5, 5.41) is 0. The van der Waals surface area contributed by atoms with Crippen molar-refractivity contribution >= 4 is 27.9 Å². The summed E-state index contributed by atoms with van der Waals surface area (Å²) in [5.41, 5.74) is 2.02. The third-order valence-electron chi connectivity index (χ3n) is 3.60. The minimum absolute atomic E-state index is 0.0256. The van der Waals surface area contributed by atoms with E-state index >= 15 is 0 Å². The lowest BCUT2D eigenvalue weighted by Crippen LogP contribution is -2.03. The Hall–Kier alpha value is -3.25. The molecule has 2 aromatic carbocycles. The topological polar surface area (TPSA) is 111 Å². The summed E-state index contributed by atoms with van der Waals surface area (Å²) < 4.78 is 37.7. The van der Waals surface area contributed by atoms with E-state index in [1.807, 2.05) is 0 Å². The fourth-order valence-corrected chi connectivity index (χ4v) is 3.36. The van der Waals surface area contributed by atoms with Gasteiger partial charge >= 0.3 is 0 Å². The van der Waals surface area contributed by atoms with E-state index in [9.17, 15) is 18.0 Å². The lowest BCUT2D eigenvalue weighted by atomic mass is 9.98. The lowest BCUT2D eigenvalue weighted by Gasteiger charge is -2.16. The van der Waals surface area contributed by atoms with Crippen LogP contribution in [0.25, 0.3) is 11.1 Å². The zero-order valence-corrected chi connectivity index (χ0v) is 15.0. The third-order valence-corrected chi connectivity index (χ3v) is 4.80. The van der Waals surface area contributed by atoms with Crippen molar-refractivity contribution in [1.82, 2.24) is 0 Å². The van der Waals surface area contributed by atoms with E-state index in [0.717, 1.165) is 6.08 Å². The van der Waals surface area contributed by atoms with Gasteiger partial charge in [0.15, 0.2) is 0 Å². The fraction of sp³-hybridized carbons (Fsp3) is 0.176. The van der Waals surface area contributed by atoms with Gasteiger partial charge in [-0.15, -0.1) is 0 Å². The van der Waals surface area contributed by atoms with Crippen LogP contribution in [0.3, 0.4) is 0 Å². The van der Waals surface area contributed by atoms with Crippen LogP contribution in [-0.4, -0.2) is 34.8 Å². The second-order valence-corrected chi connectivity index (χ2v) is 6.61. The van der Waals surface area contributed by atoms with Gasteiger partial charge in [0.1, 0.15) is 22.1 Å². The Labute approximate surface area is 149 Å². The number of aliphatic imine (C=N–C) groups is 1. The molecule has 0 aromatic heterocycles. The van der Waals surface area contributed by atoms with E-state index in [1.54, 1.807) is 25.1 Å². The highest BCUT2D eigenvalue weighted by atomic mass is 32.2. The number of nitrogens with zero attached hydrogens (tertiary/aromatic N) is 2. The molecule has 0 heterocycles. The fourth-order valence-electron chi connectivity index (χ4n) is 2.50. The number of aryl methyl sites for hydroxylation is 1. The molecule has 0 aliphatic heterocycles. The molecule has 2 aromatic rings. The summed E-state index contributed by atoms with van der Waals surface area (Å²) in [7, 11) is -1.54. The first kappa shape index (κ1) is 19.1. The number of isocyanates is 2. The van der Waals surface area contributed by atoms with E-state index in [1.165, 1.54) is 32.4 Å². The maximum absolute atomic E-state index is 12.2. The number of rotatable bonds is 6. The molecule has 0 N–H and O–H groups in total.